The van der Waals surface area contributed by atoms with Crippen LogP contribution < -0.4 is 5.73 Å². The normalized spacial score (nSPS) is 16.7. The molecular formula is C20H21N5O2. The molecule has 2 N–H and O–H groups in total. The maximum atomic E-state index is 12.6. The monoisotopic (exact) mass is 363 g/mol. The Morgan fingerprint density at radius 2 is 1.81 bits per heavy atom. The van der Waals surface area contributed by atoms with Gasteiger partial charge in [0.05, 0.1) is 0 Å². The molecule has 1 saturated heterocycles. The molecule has 27 heavy (non-hydrogen) atoms. The minimum atomic E-state index is -0.417. The second-order valence-electron chi connectivity index (χ2n) is 6.98. The number of primary amides is 1. The lowest BCUT2D eigenvalue weighted by atomic mass is 9.97. The summed E-state index contributed by atoms with van der Waals surface area (Å²) in [6.45, 7) is 1.60. The van der Waals surface area contributed by atoms with Gasteiger partial charge in [-0.25, -0.2) is 0 Å². The third kappa shape index (κ3) is 3.81. The molecule has 1 aromatic heterocycles. The van der Waals surface area contributed by atoms with Crippen LogP contribution >= 0.6 is 0 Å². The molecule has 7 nitrogen and oxygen atoms in total. The largest absolute Gasteiger partial charge is 0.366 e. The smallest absolute Gasteiger partial charge is 0.248 e. The van der Waals surface area contributed by atoms with Crippen LogP contribution in [0.5, 0.6) is 0 Å². The molecule has 0 saturated carbocycles. The van der Waals surface area contributed by atoms with Gasteiger partial charge in [0.25, 0.3) is 0 Å². The quantitative estimate of drug-likeness (QED) is 0.745. The highest BCUT2D eigenvalue weighted by molar-refractivity contribution is 5.92. The first-order valence-corrected chi connectivity index (χ1v) is 9.05. The number of carbonyl (C=O) groups excluding carboxylic acids is 2. The maximum Gasteiger partial charge on any atom is 0.248 e. The van der Waals surface area contributed by atoms with Gasteiger partial charge in [-0.15, -0.1) is 0 Å². The first-order chi connectivity index (χ1) is 13.1. The standard InChI is InChI=1S/C20H21N5O2/c21-20(27)16-5-3-4-14(11-16)10-15-8-9-24(12-15)19(26)13-25-22-17-6-1-2-7-18(17)23-25/h1-7,11,15H,8-10,12-13H2,(H2,21,27). The second kappa shape index (κ2) is 7.19. The Hall–Kier alpha value is -3.22. The molecule has 0 aliphatic carbocycles. The van der Waals surface area contributed by atoms with Crippen LogP contribution in [-0.2, 0) is 17.8 Å². The Morgan fingerprint density at radius 1 is 1.07 bits per heavy atom. The van der Waals surface area contributed by atoms with Gasteiger partial charge in [0, 0.05) is 18.7 Å². The van der Waals surface area contributed by atoms with Gasteiger partial charge in [-0.2, -0.15) is 15.0 Å². The van der Waals surface area contributed by atoms with Gasteiger partial charge >= 0.3 is 0 Å². The number of nitrogens with two attached hydrogens (primary N) is 1. The van der Waals surface area contributed by atoms with Gasteiger partial charge in [0.2, 0.25) is 11.8 Å². The molecular weight excluding hydrogens is 342 g/mol. The second-order valence-corrected chi connectivity index (χ2v) is 6.98. The number of likely N-dealkylation sites (tertiary alicyclic amines) is 1. The molecule has 0 spiro atoms. The Labute approximate surface area is 156 Å². The molecule has 2 aromatic carbocycles. The minimum absolute atomic E-state index is 0.0312. The molecule has 2 heterocycles. The van der Waals surface area contributed by atoms with E-state index in [-0.39, 0.29) is 12.5 Å². The van der Waals surface area contributed by atoms with Crippen molar-refractivity contribution in [1.29, 1.82) is 0 Å². The predicted octanol–water partition coefficient (Wildman–Crippen LogP) is 1.62. The lowest BCUT2D eigenvalue weighted by molar-refractivity contribution is -0.131. The summed E-state index contributed by atoms with van der Waals surface area (Å²) in [6, 6.07) is 15.0. The third-order valence-corrected chi connectivity index (χ3v) is 4.98. The van der Waals surface area contributed by atoms with E-state index in [1.807, 2.05) is 47.4 Å². The van der Waals surface area contributed by atoms with E-state index in [4.69, 9.17) is 5.73 Å². The summed E-state index contributed by atoms with van der Waals surface area (Å²) in [5.74, 6) is -0.00962. The van der Waals surface area contributed by atoms with Crippen LogP contribution in [0.25, 0.3) is 11.0 Å². The number of benzene rings is 2. The lowest BCUT2D eigenvalue weighted by Crippen LogP contribution is -2.32. The van der Waals surface area contributed by atoms with Gasteiger partial charge in [0.1, 0.15) is 17.6 Å². The summed E-state index contributed by atoms with van der Waals surface area (Å²) in [7, 11) is 0. The number of hydrogen-bond donors (Lipinski definition) is 1. The predicted molar refractivity (Wildman–Crippen MR) is 101 cm³/mol. The van der Waals surface area contributed by atoms with Gasteiger partial charge in [-0.3, -0.25) is 9.59 Å². The van der Waals surface area contributed by atoms with Crippen LogP contribution in [0.1, 0.15) is 22.3 Å². The summed E-state index contributed by atoms with van der Waals surface area (Å²) < 4.78 is 0. The zero-order valence-electron chi connectivity index (χ0n) is 14.9. The number of fused-ring (bicyclic) bond motifs is 1. The van der Waals surface area contributed by atoms with Crippen molar-refractivity contribution in [2.75, 3.05) is 13.1 Å². The zero-order valence-corrected chi connectivity index (χ0v) is 14.9. The van der Waals surface area contributed by atoms with Crippen molar-refractivity contribution in [3.63, 3.8) is 0 Å². The zero-order chi connectivity index (χ0) is 18.8. The van der Waals surface area contributed by atoms with E-state index < -0.39 is 5.91 Å². The van der Waals surface area contributed by atoms with Crippen molar-refractivity contribution >= 4 is 22.8 Å². The van der Waals surface area contributed by atoms with Crippen molar-refractivity contribution in [3.05, 3.63) is 59.7 Å². The van der Waals surface area contributed by atoms with E-state index in [0.29, 0.717) is 18.0 Å². The fourth-order valence-electron chi connectivity index (χ4n) is 3.61. The van der Waals surface area contributed by atoms with Crippen LogP contribution in [-0.4, -0.2) is 44.8 Å². The van der Waals surface area contributed by atoms with E-state index in [9.17, 15) is 9.59 Å². The molecule has 138 valence electrons. The fourth-order valence-corrected chi connectivity index (χ4v) is 3.61. The summed E-state index contributed by atoms with van der Waals surface area (Å²) in [4.78, 5) is 27.3. The van der Waals surface area contributed by atoms with Crippen LogP contribution in [0.2, 0.25) is 0 Å². The molecule has 1 fully saturated rings. The molecule has 0 bridgehead atoms. The highest BCUT2D eigenvalue weighted by Gasteiger charge is 2.27. The number of rotatable bonds is 5. The molecule has 7 heteroatoms. The van der Waals surface area contributed by atoms with Gasteiger partial charge < -0.3 is 10.6 Å². The summed E-state index contributed by atoms with van der Waals surface area (Å²) in [5, 5.41) is 8.70. The van der Waals surface area contributed by atoms with Gasteiger partial charge in [0.15, 0.2) is 0 Å². The molecule has 1 unspecified atom stereocenters. The first kappa shape index (κ1) is 17.2. The average molecular weight is 363 g/mol. The van der Waals surface area contributed by atoms with Crippen molar-refractivity contribution in [3.8, 4) is 0 Å². The Kier molecular flexibility index (Phi) is 4.58. The molecule has 1 aliphatic heterocycles. The van der Waals surface area contributed by atoms with Gasteiger partial charge in [-0.1, -0.05) is 24.3 Å². The highest BCUT2D eigenvalue weighted by atomic mass is 16.2. The van der Waals surface area contributed by atoms with Gasteiger partial charge in [-0.05, 0) is 48.6 Å². The summed E-state index contributed by atoms with van der Waals surface area (Å²) >= 11 is 0. The van der Waals surface area contributed by atoms with Crippen molar-refractivity contribution < 1.29 is 9.59 Å². The van der Waals surface area contributed by atoms with E-state index in [1.54, 1.807) is 6.07 Å². The van der Waals surface area contributed by atoms with E-state index in [1.165, 1.54) is 4.80 Å². The van der Waals surface area contributed by atoms with Crippen LogP contribution in [0.15, 0.2) is 48.5 Å². The first-order valence-electron chi connectivity index (χ1n) is 9.05. The Bertz CT molecular complexity index is 964. The number of hydrogen-bond acceptors (Lipinski definition) is 4. The van der Waals surface area contributed by atoms with E-state index in [2.05, 4.69) is 10.2 Å². The fraction of sp³-hybridized carbons (Fsp3) is 0.300. The summed E-state index contributed by atoms with van der Waals surface area (Å²) in [6.07, 6.45) is 1.77. The number of aromatic nitrogens is 3. The third-order valence-electron chi connectivity index (χ3n) is 4.98. The van der Waals surface area contributed by atoms with E-state index >= 15 is 0 Å². The van der Waals surface area contributed by atoms with Crippen molar-refractivity contribution in [1.82, 2.24) is 19.9 Å². The molecule has 1 aliphatic rings. The topological polar surface area (TPSA) is 94.1 Å². The van der Waals surface area contributed by atoms with Crippen LogP contribution in [0.3, 0.4) is 0 Å². The van der Waals surface area contributed by atoms with E-state index in [0.717, 1.165) is 36.0 Å². The van der Waals surface area contributed by atoms with Crippen LogP contribution in [0, 0.1) is 5.92 Å². The Morgan fingerprint density at radius 3 is 2.52 bits per heavy atom. The molecule has 1 atom stereocenters. The molecule has 4 rings (SSSR count). The average Bonchev–Trinajstić information content (AvgIpc) is 3.28. The van der Waals surface area contributed by atoms with Crippen molar-refractivity contribution in [2.24, 2.45) is 11.7 Å². The molecule has 0 radical (unpaired) electrons. The Balaban J connectivity index is 1.36. The number of amides is 2. The minimum Gasteiger partial charge on any atom is -0.366 e. The highest BCUT2D eigenvalue weighted by Crippen LogP contribution is 2.22. The molecule has 3 aromatic rings. The molecule has 2 amide bonds. The lowest BCUT2D eigenvalue weighted by Gasteiger charge is -2.16. The van der Waals surface area contributed by atoms with Crippen molar-refractivity contribution in [2.45, 2.75) is 19.4 Å². The number of carbonyl (C=O) groups is 2. The SMILES string of the molecule is NC(=O)c1cccc(CC2CCN(C(=O)Cn3nc4ccccc4n3)C2)c1. The summed E-state index contributed by atoms with van der Waals surface area (Å²) in [5.41, 5.74) is 8.53. The number of nitrogens with zero attached hydrogens (tertiary/aromatic N) is 4. The van der Waals surface area contributed by atoms with Crippen LogP contribution in [0.4, 0.5) is 0 Å². The maximum absolute atomic E-state index is 12.6.